The van der Waals surface area contributed by atoms with Gasteiger partial charge >= 0.3 is 11.7 Å². The summed E-state index contributed by atoms with van der Waals surface area (Å²) in [6.07, 6.45) is -1.05. The fourth-order valence-electron chi connectivity index (χ4n) is 2.54. The van der Waals surface area contributed by atoms with Crippen LogP contribution >= 0.6 is 0 Å². The molecule has 0 aliphatic carbocycles. The first-order valence-electron chi connectivity index (χ1n) is 8.10. The summed E-state index contributed by atoms with van der Waals surface area (Å²) in [5.74, 6) is -1.20. The molecule has 0 bridgehead atoms. The summed E-state index contributed by atoms with van der Waals surface area (Å²) >= 11 is 0. The van der Waals surface area contributed by atoms with Gasteiger partial charge < -0.3 is 15.0 Å². The summed E-state index contributed by atoms with van der Waals surface area (Å²) in [6, 6.07) is 13.0. The van der Waals surface area contributed by atoms with Gasteiger partial charge in [0.2, 0.25) is 0 Å². The third-order valence-electron chi connectivity index (χ3n) is 4.05. The molecule has 27 heavy (non-hydrogen) atoms. The van der Waals surface area contributed by atoms with Crippen LogP contribution in [0.4, 0.5) is 5.69 Å². The maximum atomic E-state index is 12.3. The first-order chi connectivity index (χ1) is 12.9. The minimum absolute atomic E-state index is 0.225. The number of carbonyl (C=O) groups is 2. The number of fused-ring (bicyclic) bond motifs is 1. The number of ether oxygens (including phenoxy) is 1. The van der Waals surface area contributed by atoms with E-state index in [0.717, 1.165) is 0 Å². The van der Waals surface area contributed by atoms with Crippen LogP contribution in [0.1, 0.15) is 22.8 Å². The van der Waals surface area contributed by atoms with Crippen LogP contribution in [-0.2, 0) is 16.6 Å². The van der Waals surface area contributed by atoms with E-state index in [1.54, 1.807) is 31.3 Å². The highest BCUT2D eigenvalue weighted by atomic mass is 16.5. The Morgan fingerprint density at radius 1 is 1.26 bits per heavy atom. The Kier molecular flexibility index (Phi) is 4.77. The monoisotopic (exact) mass is 364 g/mol. The maximum Gasteiger partial charge on any atom is 0.338 e. The Morgan fingerprint density at radius 2 is 2.04 bits per heavy atom. The molecule has 1 aromatic heterocycles. The van der Waals surface area contributed by atoms with Gasteiger partial charge in [0.25, 0.3) is 5.91 Å². The predicted octanol–water partition coefficient (Wildman–Crippen LogP) is 1.92. The normalized spacial score (nSPS) is 11.6. The molecule has 3 aromatic rings. The van der Waals surface area contributed by atoms with Crippen LogP contribution in [0.15, 0.2) is 47.3 Å². The van der Waals surface area contributed by atoms with E-state index in [1.165, 1.54) is 29.7 Å². The van der Waals surface area contributed by atoms with Crippen molar-refractivity contribution in [3.8, 4) is 6.07 Å². The largest absolute Gasteiger partial charge is 0.449 e. The third kappa shape index (κ3) is 3.72. The number of benzene rings is 2. The molecule has 1 amide bonds. The van der Waals surface area contributed by atoms with Crippen LogP contribution in [-0.4, -0.2) is 27.5 Å². The summed E-state index contributed by atoms with van der Waals surface area (Å²) < 4.78 is 6.59. The summed E-state index contributed by atoms with van der Waals surface area (Å²) in [4.78, 5) is 38.8. The van der Waals surface area contributed by atoms with Gasteiger partial charge in [-0.3, -0.25) is 9.36 Å². The van der Waals surface area contributed by atoms with Gasteiger partial charge in [-0.15, -0.1) is 0 Å². The highest BCUT2D eigenvalue weighted by molar-refractivity contribution is 5.98. The number of nitrogens with one attached hydrogen (secondary N) is 2. The second kappa shape index (κ2) is 7.17. The van der Waals surface area contributed by atoms with Crippen LogP contribution in [0.5, 0.6) is 0 Å². The molecule has 0 fully saturated rings. The highest BCUT2D eigenvalue weighted by Crippen LogP contribution is 2.15. The fraction of sp³-hybridized carbons (Fsp3) is 0.158. The Balaban J connectivity index is 1.71. The van der Waals surface area contributed by atoms with Crippen molar-refractivity contribution < 1.29 is 14.3 Å². The van der Waals surface area contributed by atoms with Crippen molar-refractivity contribution in [1.82, 2.24) is 9.55 Å². The molecule has 3 rings (SSSR count). The van der Waals surface area contributed by atoms with Crippen LogP contribution in [0, 0.1) is 11.3 Å². The Hall–Kier alpha value is -3.86. The first kappa shape index (κ1) is 17.9. The molecule has 8 heteroatoms. The van der Waals surface area contributed by atoms with Crippen molar-refractivity contribution in [3.05, 3.63) is 64.1 Å². The van der Waals surface area contributed by atoms with E-state index in [2.05, 4.69) is 10.3 Å². The molecular weight excluding hydrogens is 348 g/mol. The average molecular weight is 364 g/mol. The molecule has 2 aromatic carbocycles. The molecule has 1 atom stereocenters. The molecule has 8 nitrogen and oxygen atoms in total. The Bertz CT molecular complexity index is 1140. The number of imidazole rings is 1. The van der Waals surface area contributed by atoms with Gasteiger partial charge in [-0.2, -0.15) is 5.26 Å². The number of aromatic nitrogens is 2. The Labute approximate surface area is 154 Å². The van der Waals surface area contributed by atoms with E-state index >= 15 is 0 Å². The van der Waals surface area contributed by atoms with Gasteiger partial charge in [0.05, 0.1) is 28.2 Å². The zero-order valence-electron chi connectivity index (χ0n) is 14.6. The van der Waals surface area contributed by atoms with Crippen molar-refractivity contribution in [2.24, 2.45) is 7.05 Å². The van der Waals surface area contributed by atoms with Gasteiger partial charge in [-0.1, -0.05) is 6.07 Å². The molecule has 0 radical (unpaired) electrons. The van der Waals surface area contributed by atoms with Crippen molar-refractivity contribution in [2.45, 2.75) is 13.0 Å². The molecule has 2 N–H and O–H groups in total. The SMILES string of the molecule is CC(OC(=O)c1ccc2[nH]c(=O)n(C)c2c1)C(=O)Nc1cccc(C#N)c1. The second-order valence-electron chi connectivity index (χ2n) is 5.95. The molecule has 0 saturated heterocycles. The number of H-pyrrole nitrogens is 1. The minimum atomic E-state index is -1.05. The van der Waals surface area contributed by atoms with E-state index in [4.69, 9.17) is 10.00 Å². The average Bonchev–Trinajstić information content (AvgIpc) is 2.95. The molecule has 0 aliphatic heterocycles. The lowest BCUT2D eigenvalue weighted by Gasteiger charge is -2.13. The summed E-state index contributed by atoms with van der Waals surface area (Å²) in [6.45, 7) is 1.45. The van der Waals surface area contributed by atoms with Crippen molar-refractivity contribution >= 4 is 28.6 Å². The van der Waals surface area contributed by atoms with E-state index in [-0.39, 0.29) is 11.3 Å². The number of nitriles is 1. The smallest absolute Gasteiger partial charge is 0.338 e. The topological polar surface area (TPSA) is 117 Å². The summed E-state index contributed by atoms with van der Waals surface area (Å²) in [7, 11) is 1.59. The molecule has 136 valence electrons. The number of hydrogen-bond acceptors (Lipinski definition) is 5. The number of anilines is 1. The summed E-state index contributed by atoms with van der Waals surface area (Å²) in [5, 5.41) is 11.5. The van der Waals surface area contributed by atoms with Gasteiger partial charge in [-0.05, 0) is 43.3 Å². The van der Waals surface area contributed by atoms with Crippen molar-refractivity contribution in [1.29, 1.82) is 5.26 Å². The zero-order chi connectivity index (χ0) is 19.6. The lowest BCUT2D eigenvalue weighted by atomic mass is 10.2. The van der Waals surface area contributed by atoms with Gasteiger partial charge in [0, 0.05) is 12.7 Å². The van der Waals surface area contributed by atoms with Crippen LogP contribution < -0.4 is 11.0 Å². The lowest BCUT2D eigenvalue weighted by molar-refractivity contribution is -0.123. The van der Waals surface area contributed by atoms with Gasteiger partial charge in [-0.25, -0.2) is 9.59 Å². The van der Waals surface area contributed by atoms with Gasteiger partial charge in [0.1, 0.15) is 0 Å². The number of rotatable bonds is 4. The lowest BCUT2D eigenvalue weighted by Crippen LogP contribution is -2.30. The van der Waals surface area contributed by atoms with Crippen molar-refractivity contribution in [2.75, 3.05) is 5.32 Å². The van der Waals surface area contributed by atoms with Crippen LogP contribution in [0.25, 0.3) is 11.0 Å². The summed E-state index contributed by atoms with van der Waals surface area (Å²) in [5.41, 5.74) is 1.93. The Morgan fingerprint density at radius 3 is 2.78 bits per heavy atom. The fourth-order valence-corrected chi connectivity index (χ4v) is 2.54. The number of amides is 1. The zero-order valence-corrected chi connectivity index (χ0v) is 14.6. The molecule has 1 unspecified atom stereocenters. The van der Waals surface area contributed by atoms with E-state index in [9.17, 15) is 14.4 Å². The minimum Gasteiger partial charge on any atom is -0.449 e. The van der Waals surface area contributed by atoms with Gasteiger partial charge in [0.15, 0.2) is 6.10 Å². The molecular formula is C19H16N4O4. The van der Waals surface area contributed by atoms with E-state index < -0.39 is 18.0 Å². The quantitative estimate of drug-likeness (QED) is 0.686. The first-order valence-corrected chi connectivity index (χ1v) is 8.10. The number of hydrogen-bond donors (Lipinski definition) is 2. The number of aromatic amines is 1. The van der Waals surface area contributed by atoms with E-state index in [1.807, 2.05) is 6.07 Å². The number of carbonyl (C=O) groups excluding carboxylic acids is 2. The van der Waals surface area contributed by atoms with Crippen LogP contribution in [0.2, 0.25) is 0 Å². The molecule has 0 saturated carbocycles. The third-order valence-corrected chi connectivity index (χ3v) is 4.05. The van der Waals surface area contributed by atoms with Crippen molar-refractivity contribution in [3.63, 3.8) is 0 Å². The maximum absolute atomic E-state index is 12.3. The number of esters is 1. The molecule has 0 spiro atoms. The standard InChI is InChI=1S/C19H16N4O4/c1-11(17(24)21-14-5-3-4-12(8-14)10-20)27-18(25)13-6-7-15-16(9-13)23(2)19(26)22-15/h3-9,11H,1-2H3,(H,21,24)(H,22,26). The van der Waals surface area contributed by atoms with Crippen LogP contribution in [0.3, 0.4) is 0 Å². The number of nitrogens with zero attached hydrogens (tertiary/aromatic N) is 2. The highest BCUT2D eigenvalue weighted by Gasteiger charge is 2.20. The number of aryl methyl sites for hydroxylation is 1. The molecule has 0 aliphatic rings. The predicted molar refractivity (Wildman–Crippen MR) is 98.2 cm³/mol. The second-order valence-corrected chi connectivity index (χ2v) is 5.95. The van der Waals surface area contributed by atoms with E-state index in [0.29, 0.717) is 22.3 Å². The molecule has 1 heterocycles.